The quantitative estimate of drug-likeness (QED) is 0.501. The second-order valence-electron chi connectivity index (χ2n) is 6.16. The zero-order chi connectivity index (χ0) is 11.1. The van der Waals surface area contributed by atoms with Gasteiger partial charge in [0.25, 0.3) is 0 Å². The van der Waals surface area contributed by atoms with Crippen molar-refractivity contribution in [3.05, 3.63) is 23.3 Å². The number of hydrogen-bond acceptors (Lipinski definition) is 0. The number of allylic oxidation sites excluding steroid dienone is 4. The van der Waals surface area contributed by atoms with Gasteiger partial charge in [0.2, 0.25) is 0 Å². The fourth-order valence-corrected chi connectivity index (χ4v) is 3.34. The van der Waals surface area contributed by atoms with Gasteiger partial charge in [-0.15, -0.1) is 0 Å². The van der Waals surface area contributed by atoms with Crippen LogP contribution in [0.25, 0.3) is 0 Å². The standard InChI is InChI=1S/C15H24/c1-11-7-8-13-12(2)6-5-9-15(3,4)14(13)10-11/h6,10,13-14H,5,7-9H2,1-4H3. The summed E-state index contributed by atoms with van der Waals surface area (Å²) in [6, 6.07) is 0. The minimum absolute atomic E-state index is 0.487. The van der Waals surface area contributed by atoms with Crippen LogP contribution in [0.15, 0.2) is 23.3 Å². The molecular weight excluding hydrogens is 180 g/mol. The van der Waals surface area contributed by atoms with E-state index in [1.807, 2.05) is 0 Å². The van der Waals surface area contributed by atoms with Crippen LogP contribution in [0.3, 0.4) is 0 Å². The third-order valence-electron chi connectivity index (χ3n) is 4.49. The lowest BCUT2D eigenvalue weighted by molar-refractivity contribution is 0.182. The van der Waals surface area contributed by atoms with E-state index < -0.39 is 0 Å². The van der Waals surface area contributed by atoms with Crippen LogP contribution in [0.4, 0.5) is 0 Å². The average molecular weight is 204 g/mol. The molecule has 0 aromatic carbocycles. The van der Waals surface area contributed by atoms with E-state index in [-0.39, 0.29) is 0 Å². The summed E-state index contributed by atoms with van der Waals surface area (Å²) >= 11 is 0. The van der Waals surface area contributed by atoms with E-state index in [0.29, 0.717) is 5.41 Å². The van der Waals surface area contributed by atoms with Gasteiger partial charge in [0, 0.05) is 0 Å². The van der Waals surface area contributed by atoms with Gasteiger partial charge in [-0.05, 0) is 56.8 Å². The maximum absolute atomic E-state index is 2.57. The minimum Gasteiger partial charge on any atom is -0.0853 e. The SMILES string of the molecule is CC1=CC2C(CC1)C(C)=CCCC2(C)C. The van der Waals surface area contributed by atoms with Crippen molar-refractivity contribution in [3.63, 3.8) is 0 Å². The molecule has 2 aliphatic carbocycles. The van der Waals surface area contributed by atoms with E-state index in [4.69, 9.17) is 0 Å². The van der Waals surface area contributed by atoms with Crippen molar-refractivity contribution in [1.29, 1.82) is 0 Å². The van der Waals surface area contributed by atoms with Gasteiger partial charge in [-0.1, -0.05) is 37.1 Å². The molecule has 2 aliphatic rings. The monoisotopic (exact) mass is 204 g/mol. The van der Waals surface area contributed by atoms with E-state index in [9.17, 15) is 0 Å². The van der Waals surface area contributed by atoms with Gasteiger partial charge in [-0.25, -0.2) is 0 Å². The van der Waals surface area contributed by atoms with Crippen molar-refractivity contribution in [1.82, 2.24) is 0 Å². The molecule has 2 unspecified atom stereocenters. The third kappa shape index (κ3) is 2.04. The first kappa shape index (κ1) is 11.0. The van der Waals surface area contributed by atoms with E-state index >= 15 is 0 Å². The van der Waals surface area contributed by atoms with Crippen LogP contribution in [-0.4, -0.2) is 0 Å². The van der Waals surface area contributed by atoms with Crippen LogP contribution in [-0.2, 0) is 0 Å². The molecule has 84 valence electrons. The largest absolute Gasteiger partial charge is 0.0853 e. The van der Waals surface area contributed by atoms with Crippen LogP contribution in [0.2, 0.25) is 0 Å². The van der Waals surface area contributed by atoms with Crippen LogP contribution < -0.4 is 0 Å². The molecule has 0 heterocycles. The second-order valence-corrected chi connectivity index (χ2v) is 6.16. The van der Waals surface area contributed by atoms with Gasteiger partial charge in [-0.3, -0.25) is 0 Å². The maximum atomic E-state index is 2.57. The van der Waals surface area contributed by atoms with Crippen molar-refractivity contribution >= 4 is 0 Å². The smallest absolute Gasteiger partial charge is 0.0114 e. The predicted octanol–water partition coefficient (Wildman–Crippen LogP) is 4.73. The maximum Gasteiger partial charge on any atom is -0.0114 e. The molecule has 15 heavy (non-hydrogen) atoms. The first-order valence-corrected chi connectivity index (χ1v) is 6.34. The fourth-order valence-electron chi connectivity index (χ4n) is 3.34. The Morgan fingerprint density at radius 3 is 2.73 bits per heavy atom. The molecule has 0 aliphatic heterocycles. The molecule has 0 amide bonds. The summed E-state index contributed by atoms with van der Waals surface area (Å²) < 4.78 is 0. The molecular formula is C15H24. The Balaban J connectivity index is 2.36. The summed E-state index contributed by atoms with van der Waals surface area (Å²) in [6.45, 7) is 9.54. The van der Waals surface area contributed by atoms with Crippen LogP contribution in [0.5, 0.6) is 0 Å². The molecule has 2 atom stereocenters. The summed E-state index contributed by atoms with van der Waals surface area (Å²) in [5.74, 6) is 1.61. The molecule has 2 rings (SSSR count). The molecule has 0 aromatic heterocycles. The van der Waals surface area contributed by atoms with Gasteiger partial charge in [0.1, 0.15) is 0 Å². The molecule has 0 aromatic rings. The molecule has 0 N–H and O–H groups in total. The van der Waals surface area contributed by atoms with Gasteiger partial charge in [0.05, 0.1) is 0 Å². The van der Waals surface area contributed by atoms with Crippen LogP contribution >= 0.6 is 0 Å². The zero-order valence-electron chi connectivity index (χ0n) is 10.6. The van der Waals surface area contributed by atoms with Crippen molar-refractivity contribution in [2.24, 2.45) is 17.3 Å². The highest BCUT2D eigenvalue weighted by molar-refractivity contribution is 5.20. The lowest BCUT2D eigenvalue weighted by Gasteiger charge is -2.40. The second kappa shape index (κ2) is 3.81. The molecule has 0 radical (unpaired) electrons. The lowest BCUT2D eigenvalue weighted by atomic mass is 9.65. The van der Waals surface area contributed by atoms with Crippen molar-refractivity contribution in [3.8, 4) is 0 Å². The first-order valence-electron chi connectivity index (χ1n) is 6.34. The van der Waals surface area contributed by atoms with Gasteiger partial charge >= 0.3 is 0 Å². The van der Waals surface area contributed by atoms with E-state index in [1.165, 1.54) is 25.7 Å². The first-order chi connectivity index (χ1) is 7.00. The summed E-state index contributed by atoms with van der Waals surface area (Å²) in [6.07, 6.45) is 10.4. The Bertz CT molecular complexity index is 304. The van der Waals surface area contributed by atoms with E-state index in [2.05, 4.69) is 39.8 Å². The highest BCUT2D eigenvalue weighted by Crippen LogP contribution is 2.47. The zero-order valence-corrected chi connectivity index (χ0v) is 10.6. The molecule has 0 heteroatoms. The van der Waals surface area contributed by atoms with Gasteiger partial charge in [-0.2, -0.15) is 0 Å². The highest BCUT2D eigenvalue weighted by atomic mass is 14.4. The number of hydrogen-bond donors (Lipinski definition) is 0. The van der Waals surface area contributed by atoms with E-state index in [1.54, 1.807) is 11.1 Å². The Labute approximate surface area is 94.5 Å². The highest BCUT2D eigenvalue weighted by Gasteiger charge is 2.37. The lowest BCUT2D eigenvalue weighted by Crippen LogP contribution is -2.30. The summed E-state index contributed by atoms with van der Waals surface area (Å²) in [4.78, 5) is 0. The van der Waals surface area contributed by atoms with E-state index in [0.717, 1.165) is 11.8 Å². The van der Waals surface area contributed by atoms with Crippen molar-refractivity contribution in [2.45, 2.75) is 53.4 Å². The summed E-state index contributed by atoms with van der Waals surface area (Å²) in [5.41, 5.74) is 3.74. The Hall–Kier alpha value is -0.520. The van der Waals surface area contributed by atoms with Crippen LogP contribution in [0.1, 0.15) is 53.4 Å². The van der Waals surface area contributed by atoms with Crippen molar-refractivity contribution in [2.75, 3.05) is 0 Å². The molecule has 0 nitrogen and oxygen atoms in total. The van der Waals surface area contributed by atoms with Crippen molar-refractivity contribution < 1.29 is 0 Å². The van der Waals surface area contributed by atoms with Crippen LogP contribution in [0, 0.1) is 17.3 Å². The topological polar surface area (TPSA) is 0 Å². The molecule has 0 saturated carbocycles. The Kier molecular flexibility index (Phi) is 2.79. The number of fused-ring (bicyclic) bond motifs is 1. The average Bonchev–Trinajstić information content (AvgIpc) is 2.26. The Morgan fingerprint density at radius 2 is 2.00 bits per heavy atom. The summed E-state index contributed by atoms with van der Waals surface area (Å²) in [5, 5.41) is 0. The van der Waals surface area contributed by atoms with Gasteiger partial charge in [0.15, 0.2) is 0 Å². The predicted molar refractivity (Wildman–Crippen MR) is 66.7 cm³/mol. The minimum atomic E-state index is 0.487. The third-order valence-corrected chi connectivity index (χ3v) is 4.49. The normalized spacial score (nSPS) is 34.9. The fraction of sp³-hybridized carbons (Fsp3) is 0.733. The number of rotatable bonds is 0. The Morgan fingerprint density at radius 1 is 1.27 bits per heavy atom. The molecule has 0 bridgehead atoms. The molecule has 0 fully saturated rings. The summed E-state index contributed by atoms with van der Waals surface area (Å²) in [7, 11) is 0. The molecule has 0 spiro atoms. The molecule has 0 saturated heterocycles. The van der Waals surface area contributed by atoms with Gasteiger partial charge < -0.3 is 0 Å².